The third-order valence-electron chi connectivity index (χ3n) is 5.29. The van der Waals surface area contributed by atoms with E-state index in [-0.39, 0.29) is 0 Å². The van der Waals surface area contributed by atoms with Crippen LogP contribution in [0.25, 0.3) is 0 Å². The third-order valence-corrected chi connectivity index (χ3v) is 5.29. The van der Waals surface area contributed by atoms with Gasteiger partial charge in [0.15, 0.2) is 0 Å². The van der Waals surface area contributed by atoms with Crippen molar-refractivity contribution in [2.75, 3.05) is 0 Å². The molecule has 0 atom stereocenters. The molecule has 2 heterocycles. The number of aryl methyl sites for hydroxylation is 2. The SMILES string of the molecule is Cc1ccc([C]2[CH][C]3C=CC=C[C]3[CH]2)o1.Cc1ccc([C]2[CH][C]3C=CC=C[C]3[CH]2)o1.[Cl][Zr+2][Cl]. The second kappa shape index (κ2) is 12.1. The van der Waals surface area contributed by atoms with Crippen molar-refractivity contribution in [3.05, 3.63) is 157 Å². The van der Waals surface area contributed by atoms with E-state index in [9.17, 15) is 0 Å². The molecule has 2 aromatic rings. The van der Waals surface area contributed by atoms with Gasteiger partial charge in [0.05, 0.1) is 0 Å². The average molecular weight is 553 g/mol. The molecule has 0 bridgehead atoms. The fraction of sp³-hybridized carbons (Fsp3) is 0.0714. The third kappa shape index (κ3) is 6.56. The maximum atomic E-state index is 5.60. The number of hydrogen-bond donors (Lipinski definition) is 0. The first-order valence-corrected chi connectivity index (χ1v) is 16.8. The Bertz CT molecular complexity index is 895. The predicted molar refractivity (Wildman–Crippen MR) is 130 cm³/mol. The van der Waals surface area contributed by atoms with Crippen molar-refractivity contribution in [1.82, 2.24) is 0 Å². The van der Waals surface area contributed by atoms with Crippen molar-refractivity contribution in [2.24, 2.45) is 0 Å². The molecule has 0 aliphatic heterocycles. The fourth-order valence-corrected chi connectivity index (χ4v) is 3.76. The van der Waals surface area contributed by atoms with Crippen LogP contribution in [0.3, 0.4) is 0 Å². The molecular weight excluding hydrogens is 530 g/mol. The van der Waals surface area contributed by atoms with Gasteiger partial charge in [0.2, 0.25) is 0 Å². The van der Waals surface area contributed by atoms with Crippen LogP contribution in [0.1, 0.15) is 23.0 Å². The summed E-state index contributed by atoms with van der Waals surface area (Å²) in [5.74, 6) is 11.2. The monoisotopic (exact) mass is 550 g/mol. The first kappa shape index (κ1) is 25.1. The van der Waals surface area contributed by atoms with E-state index in [0.29, 0.717) is 0 Å². The summed E-state index contributed by atoms with van der Waals surface area (Å²) < 4.78 is 11.2. The van der Waals surface area contributed by atoms with Gasteiger partial charge < -0.3 is 8.83 Å². The van der Waals surface area contributed by atoms with Gasteiger partial charge in [0.1, 0.15) is 23.0 Å². The molecule has 162 valence electrons. The molecule has 33 heavy (non-hydrogen) atoms. The predicted octanol–water partition coefficient (Wildman–Crippen LogP) is 7.79. The normalized spacial score (nSPS) is 20.7. The topological polar surface area (TPSA) is 26.3 Å². The second-order valence-electron chi connectivity index (χ2n) is 7.64. The van der Waals surface area contributed by atoms with Crippen LogP contribution in [0.2, 0.25) is 0 Å². The number of allylic oxidation sites excluding steroid dienone is 8. The molecule has 4 aliphatic carbocycles. The molecule has 0 N–H and O–H groups in total. The Hall–Kier alpha value is -1.02. The van der Waals surface area contributed by atoms with E-state index in [1.54, 1.807) is 0 Å². The Kier molecular flexibility index (Phi) is 9.20. The van der Waals surface area contributed by atoms with E-state index >= 15 is 0 Å². The van der Waals surface area contributed by atoms with Gasteiger partial charge in [-0.15, -0.1) is 0 Å². The van der Waals surface area contributed by atoms with Crippen LogP contribution in [0.15, 0.2) is 81.7 Å². The Morgan fingerprint density at radius 2 is 0.818 bits per heavy atom. The maximum absolute atomic E-state index is 5.60. The zero-order chi connectivity index (χ0) is 23.2. The summed E-state index contributed by atoms with van der Waals surface area (Å²) in [7, 11) is 9.87. The van der Waals surface area contributed by atoms with Crippen LogP contribution in [0.4, 0.5) is 0 Å². The molecule has 6 rings (SSSR count). The number of fused-ring (bicyclic) bond motifs is 2. The summed E-state index contributed by atoms with van der Waals surface area (Å²) >= 11 is -0.826. The summed E-state index contributed by atoms with van der Waals surface area (Å²) in [5, 5.41) is 0. The molecule has 0 amide bonds. The molecule has 0 spiro atoms. The van der Waals surface area contributed by atoms with E-state index in [2.05, 4.69) is 74.3 Å². The molecule has 2 nitrogen and oxygen atoms in total. The molecule has 2 aromatic heterocycles. The number of hydrogen-bond acceptors (Lipinski definition) is 2. The number of halogens is 2. The van der Waals surface area contributed by atoms with Gasteiger partial charge in [-0.3, -0.25) is 0 Å². The standard InChI is InChI=1S/2C14H11O.2ClH.Zr/c2*1-10-6-7-14(15-10)13-8-11-4-2-3-5-12(11)9-13;;;/h2*2-9H,1H3;2*1H;/q;;;;+4/p-2. The van der Waals surface area contributed by atoms with Gasteiger partial charge in [-0.05, 0) is 63.8 Å². The van der Waals surface area contributed by atoms with Gasteiger partial charge in [-0.2, -0.15) is 0 Å². The molecule has 0 unspecified atom stereocenters. The first-order valence-electron chi connectivity index (χ1n) is 10.5. The van der Waals surface area contributed by atoms with Crippen molar-refractivity contribution >= 4 is 17.0 Å². The molecule has 2 saturated carbocycles. The Morgan fingerprint density at radius 1 is 0.515 bits per heavy atom. The second-order valence-corrected chi connectivity index (χ2v) is 11.4. The van der Waals surface area contributed by atoms with Crippen molar-refractivity contribution in [3.63, 3.8) is 0 Å². The van der Waals surface area contributed by atoms with E-state index in [0.717, 1.165) is 34.9 Å². The van der Waals surface area contributed by atoms with Gasteiger partial charge >= 0.3 is 37.9 Å². The number of rotatable bonds is 2. The Morgan fingerprint density at radius 3 is 1.06 bits per heavy atom. The average Bonchev–Trinajstić information content (AvgIpc) is 3.59. The molecule has 4 aliphatic rings. The van der Waals surface area contributed by atoms with Crippen molar-refractivity contribution in [1.29, 1.82) is 0 Å². The summed E-state index contributed by atoms with van der Waals surface area (Å²) in [5.41, 5.74) is 0. The van der Waals surface area contributed by atoms with Crippen molar-refractivity contribution in [2.45, 2.75) is 13.8 Å². The van der Waals surface area contributed by atoms with Crippen LogP contribution in [-0.4, -0.2) is 0 Å². The van der Waals surface area contributed by atoms with E-state index < -0.39 is 20.8 Å². The van der Waals surface area contributed by atoms with E-state index in [4.69, 9.17) is 25.9 Å². The summed E-state index contributed by atoms with van der Waals surface area (Å²) in [6, 6.07) is 8.02. The zero-order valence-electron chi connectivity index (χ0n) is 18.3. The van der Waals surface area contributed by atoms with Crippen LogP contribution < -0.4 is 0 Å². The van der Waals surface area contributed by atoms with Gasteiger partial charge in [-0.1, -0.05) is 48.6 Å². The molecule has 0 saturated heterocycles. The fourth-order valence-electron chi connectivity index (χ4n) is 3.76. The van der Waals surface area contributed by atoms with E-state index in [1.807, 2.05) is 38.1 Å². The zero-order valence-corrected chi connectivity index (χ0v) is 22.3. The summed E-state index contributed by atoms with van der Waals surface area (Å²) in [6.07, 6.45) is 25.3. The van der Waals surface area contributed by atoms with Crippen molar-refractivity contribution < 1.29 is 29.7 Å². The molecular formula is C28H22Cl2O2Zr+2. The molecule has 10 radical (unpaired) electrons. The van der Waals surface area contributed by atoms with Crippen LogP contribution in [0.5, 0.6) is 0 Å². The summed E-state index contributed by atoms with van der Waals surface area (Å²) in [6.45, 7) is 3.93. The molecule has 2 fully saturated rings. The quantitative estimate of drug-likeness (QED) is 0.380. The molecule has 0 aromatic carbocycles. The van der Waals surface area contributed by atoms with Crippen LogP contribution in [0, 0.1) is 75.0 Å². The number of furan rings is 2. The Labute approximate surface area is 216 Å². The van der Waals surface area contributed by atoms with Crippen LogP contribution >= 0.6 is 17.0 Å². The Balaban J connectivity index is 0.000000141. The van der Waals surface area contributed by atoms with Crippen molar-refractivity contribution in [3.8, 4) is 0 Å². The minimum absolute atomic E-state index is 0.826. The van der Waals surface area contributed by atoms with Gasteiger partial charge in [0, 0.05) is 35.5 Å². The van der Waals surface area contributed by atoms with E-state index in [1.165, 1.54) is 23.7 Å². The van der Waals surface area contributed by atoms with Gasteiger partial charge in [0.25, 0.3) is 0 Å². The summed E-state index contributed by atoms with van der Waals surface area (Å²) in [4.78, 5) is 0. The minimum atomic E-state index is -0.826. The van der Waals surface area contributed by atoms with Gasteiger partial charge in [-0.25, -0.2) is 0 Å². The molecule has 5 heteroatoms. The van der Waals surface area contributed by atoms with Crippen LogP contribution in [-0.2, 0) is 20.8 Å². The first-order chi connectivity index (χ1) is 16.1.